The van der Waals surface area contributed by atoms with Gasteiger partial charge in [0.2, 0.25) is 0 Å². The number of rotatable bonds is 4. The number of hydrogen-bond acceptors (Lipinski definition) is 2. The summed E-state index contributed by atoms with van der Waals surface area (Å²) in [5.41, 5.74) is 3.18. The molecule has 0 fully saturated rings. The molecule has 0 bridgehead atoms. The Morgan fingerprint density at radius 1 is 1.26 bits per heavy atom. The zero-order valence-corrected chi connectivity index (χ0v) is 12.8. The number of sulfone groups is 1. The Labute approximate surface area is 115 Å². The minimum atomic E-state index is -3.00. The molecule has 19 heavy (non-hydrogen) atoms. The van der Waals surface area contributed by atoms with E-state index in [1.165, 1.54) is 0 Å². The van der Waals surface area contributed by atoms with Crippen LogP contribution in [-0.2, 0) is 15.6 Å². The van der Waals surface area contributed by atoms with Crippen LogP contribution in [0.2, 0.25) is 0 Å². The summed E-state index contributed by atoms with van der Waals surface area (Å²) >= 11 is 0. The van der Waals surface area contributed by atoms with Crippen molar-refractivity contribution in [3.8, 4) is 0 Å². The number of aromatic nitrogens is 1. The van der Waals surface area contributed by atoms with Crippen LogP contribution in [-0.4, -0.2) is 18.7 Å². The molecule has 0 unspecified atom stereocenters. The monoisotopic (exact) mass is 279 g/mol. The summed E-state index contributed by atoms with van der Waals surface area (Å²) in [6, 6.07) is 6.55. The third-order valence-corrected chi connectivity index (χ3v) is 5.07. The van der Waals surface area contributed by atoms with E-state index >= 15 is 0 Å². The van der Waals surface area contributed by atoms with Crippen molar-refractivity contribution in [3.05, 3.63) is 35.5 Å². The number of nitrogens with zero attached hydrogens (tertiary/aromatic N) is 1. The molecule has 1 aromatic carbocycles. The zero-order chi connectivity index (χ0) is 14.2. The summed E-state index contributed by atoms with van der Waals surface area (Å²) in [5, 5.41) is 1.06. The normalized spacial score (nSPS) is 12.5. The van der Waals surface area contributed by atoms with E-state index in [9.17, 15) is 8.42 Å². The lowest BCUT2D eigenvalue weighted by Gasteiger charge is -2.08. The van der Waals surface area contributed by atoms with Crippen molar-refractivity contribution in [2.45, 2.75) is 39.5 Å². The minimum Gasteiger partial charge on any atom is -0.345 e. The molecule has 0 aliphatic carbocycles. The van der Waals surface area contributed by atoms with Gasteiger partial charge in [0.05, 0.1) is 5.75 Å². The van der Waals surface area contributed by atoms with Gasteiger partial charge in [-0.1, -0.05) is 18.6 Å². The van der Waals surface area contributed by atoms with Gasteiger partial charge in [0.15, 0.2) is 9.84 Å². The van der Waals surface area contributed by atoms with Crippen LogP contribution in [0.3, 0.4) is 0 Å². The van der Waals surface area contributed by atoms with Crippen LogP contribution in [0.1, 0.15) is 37.9 Å². The summed E-state index contributed by atoms with van der Waals surface area (Å²) in [6.45, 7) is 7.95. The van der Waals surface area contributed by atoms with E-state index in [1.807, 2.05) is 13.1 Å². The van der Waals surface area contributed by atoms with Crippen LogP contribution in [0.5, 0.6) is 0 Å². The molecule has 2 rings (SSSR count). The molecule has 104 valence electrons. The van der Waals surface area contributed by atoms with Gasteiger partial charge >= 0.3 is 0 Å². The number of hydrogen-bond donors (Lipinski definition) is 0. The molecule has 0 aliphatic rings. The summed E-state index contributed by atoms with van der Waals surface area (Å²) < 4.78 is 25.9. The molecule has 0 saturated heterocycles. The van der Waals surface area contributed by atoms with E-state index in [4.69, 9.17) is 0 Å². The average Bonchev–Trinajstić information content (AvgIpc) is 2.67. The van der Waals surface area contributed by atoms with E-state index < -0.39 is 9.84 Å². The van der Waals surface area contributed by atoms with Gasteiger partial charge in [-0.05, 0) is 38.5 Å². The first kappa shape index (κ1) is 14.1. The predicted octanol–water partition coefficient (Wildman–Crippen LogP) is 3.47. The molecule has 0 saturated carbocycles. The zero-order valence-electron chi connectivity index (χ0n) is 12.0. The first-order valence-electron chi connectivity index (χ1n) is 6.64. The summed E-state index contributed by atoms with van der Waals surface area (Å²) in [6.07, 6.45) is 1.99. The maximum absolute atomic E-state index is 11.9. The highest BCUT2D eigenvalue weighted by Gasteiger charge is 2.16. The summed E-state index contributed by atoms with van der Waals surface area (Å²) in [4.78, 5) is 0. The Morgan fingerprint density at radius 2 is 1.95 bits per heavy atom. The first-order chi connectivity index (χ1) is 8.84. The Kier molecular flexibility index (Phi) is 3.72. The summed E-state index contributed by atoms with van der Waals surface area (Å²) in [7, 11) is -3.00. The van der Waals surface area contributed by atoms with E-state index in [0.717, 1.165) is 22.0 Å². The van der Waals surface area contributed by atoms with Crippen molar-refractivity contribution in [2.24, 2.45) is 0 Å². The number of fused-ring (bicyclic) bond motifs is 1. The van der Waals surface area contributed by atoms with E-state index in [-0.39, 0.29) is 11.5 Å². The Bertz CT molecular complexity index is 696. The van der Waals surface area contributed by atoms with Crippen molar-refractivity contribution in [1.82, 2.24) is 4.57 Å². The standard InChI is InChI=1S/C15H21NO2S/c1-5-19(17,18)10-13-9-16(11(2)3)15-7-6-12(4)8-14(13)15/h6-9,11H,5,10H2,1-4H3. The van der Waals surface area contributed by atoms with Crippen LogP contribution < -0.4 is 0 Å². The molecular formula is C15H21NO2S. The lowest BCUT2D eigenvalue weighted by atomic mass is 10.1. The van der Waals surface area contributed by atoms with Gasteiger partial charge in [-0.15, -0.1) is 0 Å². The second kappa shape index (κ2) is 5.00. The molecule has 1 heterocycles. The lowest BCUT2D eigenvalue weighted by molar-refractivity contribution is 0.595. The second-order valence-corrected chi connectivity index (χ2v) is 7.71. The van der Waals surface area contributed by atoms with Crippen LogP contribution in [0.4, 0.5) is 0 Å². The minimum absolute atomic E-state index is 0.128. The maximum atomic E-state index is 11.9. The molecule has 0 N–H and O–H groups in total. The smallest absolute Gasteiger partial charge is 0.154 e. The fourth-order valence-corrected chi connectivity index (χ4v) is 3.23. The molecule has 3 nitrogen and oxygen atoms in total. The maximum Gasteiger partial charge on any atom is 0.154 e. The fourth-order valence-electron chi connectivity index (χ4n) is 2.32. The van der Waals surface area contributed by atoms with Gasteiger partial charge < -0.3 is 4.57 Å². The van der Waals surface area contributed by atoms with Crippen LogP contribution >= 0.6 is 0 Å². The van der Waals surface area contributed by atoms with Crippen LogP contribution in [0.25, 0.3) is 10.9 Å². The quantitative estimate of drug-likeness (QED) is 0.859. The third kappa shape index (κ3) is 2.84. The molecule has 4 heteroatoms. The average molecular weight is 279 g/mol. The second-order valence-electron chi connectivity index (χ2n) is 5.35. The first-order valence-corrected chi connectivity index (χ1v) is 8.46. The van der Waals surface area contributed by atoms with Gasteiger partial charge in [-0.2, -0.15) is 0 Å². The summed E-state index contributed by atoms with van der Waals surface area (Å²) in [5.74, 6) is 0.316. The SMILES string of the molecule is CCS(=O)(=O)Cc1cn(C(C)C)c2ccc(C)cc12. The molecule has 0 atom stereocenters. The molecule has 0 aliphatic heterocycles. The molecule has 0 radical (unpaired) electrons. The van der Waals surface area contributed by atoms with Crippen molar-refractivity contribution in [1.29, 1.82) is 0 Å². The third-order valence-electron chi connectivity index (χ3n) is 3.44. The predicted molar refractivity (Wildman–Crippen MR) is 80.2 cm³/mol. The van der Waals surface area contributed by atoms with E-state index in [2.05, 4.69) is 36.6 Å². The van der Waals surface area contributed by atoms with Crippen molar-refractivity contribution in [2.75, 3.05) is 5.75 Å². The molecule has 2 aromatic rings. The fraction of sp³-hybridized carbons (Fsp3) is 0.467. The molecule has 0 amide bonds. The van der Waals surface area contributed by atoms with Gasteiger partial charge in [-0.3, -0.25) is 0 Å². The van der Waals surface area contributed by atoms with Crippen molar-refractivity contribution < 1.29 is 8.42 Å². The molecule has 1 aromatic heterocycles. The lowest BCUT2D eigenvalue weighted by Crippen LogP contribution is -2.06. The van der Waals surface area contributed by atoms with Gasteiger partial charge in [0, 0.05) is 28.9 Å². The number of benzene rings is 1. The number of aryl methyl sites for hydroxylation is 1. The van der Waals surface area contributed by atoms with Crippen molar-refractivity contribution in [3.63, 3.8) is 0 Å². The van der Waals surface area contributed by atoms with Crippen LogP contribution in [0.15, 0.2) is 24.4 Å². The molecule has 0 spiro atoms. The van der Waals surface area contributed by atoms with Crippen molar-refractivity contribution >= 4 is 20.7 Å². The van der Waals surface area contributed by atoms with Gasteiger partial charge in [-0.25, -0.2) is 8.42 Å². The molecular weight excluding hydrogens is 258 g/mol. The van der Waals surface area contributed by atoms with Gasteiger partial charge in [0.25, 0.3) is 0 Å². The Morgan fingerprint density at radius 3 is 2.53 bits per heavy atom. The highest BCUT2D eigenvalue weighted by molar-refractivity contribution is 7.90. The Balaban J connectivity index is 2.64. The van der Waals surface area contributed by atoms with Crippen LogP contribution in [0, 0.1) is 6.92 Å². The van der Waals surface area contributed by atoms with Gasteiger partial charge in [0.1, 0.15) is 0 Å². The highest BCUT2D eigenvalue weighted by atomic mass is 32.2. The highest BCUT2D eigenvalue weighted by Crippen LogP contribution is 2.27. The van der Waals surface area contributed by atoms with E-state index in [0.29, 0.717) is 6.04 Å². The van der Waals surface area contributed by atoms with E-state index in [1.54, 1.807) is 6.92 Å². The largest absolute Gasteiger partial charge is 0.345 e. The Hall–Kier alpha value is -1.29. The topological polar surface area (TPSA) is 39.1 Å².